The first-order valence-corrected chi connectivity index (χ1v) is 6.84. The molecule has 1 aromatic carbocycles. The molecule has 0 fully saturated rings. The van der Waals surface area contributed by atoms with E-state index in [9.17, 15) is 0 Å². The van der Waals surface area contributed by atoms with Gasteiger partial charge in [0.15, 0.2) is 5.82 Å². The highest BCUT2D eigenvalue weighted by molar-refractivity contribution is 5.67. The van der Waals surface area contributed by atoms with E-state index in [2.05, 4.69) is 45.8 Å². The highest BCUT2D eigenvalue weighted by Crippen LogP contribution is 2.38. The van der Waals surface area contributed by atoms with E-state index in [0.717, 1.165) is 24.4 Å². The van der Waals surface area contributed by atoms with Gasteiger partial charge in [-0.15, -0.1) is 10.2 Å². The molecule has 1 aliphatic carbocycles. The Labute approximate surface area is 118 Å². The van der Waals surface area contributed by atoms with Gasteiger partial charge in [-0.3, -0.25) is 0 Å². The lowest BCUT2D eigenvalue weighted by Gasteiger charge is -2.26. The van der Waals surface area contributed by atoms with E-state index in [1.54, 1.807) is 7.11 Å². The Balaban J connectivity index is 1.79. The van der Waals surface area contributed by atoms with Crippen LogP contribution in [0.5, 0.6) is 5.75 Å². The van der Waals surface area contributed by atoms with Crippen LogP contribution >= 0.6 is 0 Å². The maximum Gasteiger partial charge on any atom is 0.178 e. The van der Waals surface area contributed by atoms with Gasteiger partial charge in [-0.1, -0.05) is 30.3 Å². The Morgan fingerprint density at radius 2 is 2.05 bits per heavy atom. The van der Waals surface area contributed by atoms with Gasteiger partial charge in [0.1, 0.15) is 5.75 Å². The van der Waals surface area contributed by atoms with E-state index >= 15 is 0 Å². The van der Waals surface area contributed by atoms with Crippen LogP contribution in [-0.4, -0.2) is 27.7 Å². The second kappa shape index (κ2) is 5.45. The monoisotopic (exact) mass is 270 g/mol. The maximum absolute atomic E-state index is 5.20. The maximum atomic E-state index is 5.20. The summed E-state index contributed by atoms with van der Waals surface area (Å²) in [6.07, 6.45) is 4.29. The lowest BCUT2D eigenvalue weighted by Crippen LogP contribution is -2.15. The highest BCUT2D eigenvalue weighted by atomic mass is 16.5. The van der Waals surface area contributed by atoms with E-state index in [-0.39, 0.29) is 0 Å². The Hall–Kier alpha value is -2.17. The molecule has 1 heterocycles. The number of allylic oxidation sites excluding steroid dienone is 2. The van der Waals surface area contributed by atoms with E-state index in [4.69, 9.17) is 4.74 Å². The van der Waals surface area contributed by atoms with E-state index < -0.39 is 0 Å². The fourth-order valence-corrected chi connectivity index (χ4v) is 2.80. The molecule has 0 aliphatic heterocycles. The lowest BCUT2D eigenvalue weighted by molar-refractivity contribution is 0.414. The number of hydrogen-bond acceptors (Lipinski definition) is 4. The first-order valence-electron chi connectivity index (χ1n) is 6.84. The zero-order valence-electron chi connectivity index (χ0n) is 11.7. The fraction of sp³-hybridized carbons (Fsp3) is 0.400. The number of aromatic nitrogens is 4. The summed E-state index contributed by atoms with van der Waals surface area (Å²) in [6, 6.07) is 8.25. The molecule has 2 atom stereocenters. The minimum Gasteiger partial charge on any atom is -0.497 e. The summed E-state index contributed by atoms with van der Waals surface area (Å²) >= 11 is 0. The number of ether oxygens (including phenoxy) is 1. The third-order valence-electron chi connectivity index (χ3n) is 4.00. The number of nitrogens with zero attached hydrogens (tertiary/aromatic N) is 3. The van der Waals surface area contributed by atoms with Crippen LogP contribution in [0, 0.1) is 5.92 Å². The van der Waals surface area contributed by atoms with Crippen molar-refractivity contribution in [2.45, 2.75) is 25.7 Å². The van der Waals surface area contributed by atoms with Gasteiger partial charge in [0.25, 0.3) is 0 Å². The molecule has 0 amide bonds. The summed E-state index contributed by atoms with van der Waals surface area (Å²) in [5.74, 6) is 2.58. The van der Waals surface area contributed by atoms with Gasteiger partial charge < -0.3 is 4.74 Å². The first-order chi connectivity index (χ1) is 9.78. The fourth-order valence-electron chi connectivity index (χ4n) is 2.80. The molecule has 104 valence electrons. The highest BCUT2D eigenvalue weighted by Gasteiger charge is 2.27. The third-order valence-corrected chi connectivity index (χ3v) is 4.00. The molecular weight excluding hydrogens is 252 g/mol. The molecule has 0 spiro atoms. The van der Waals surface area contributed by atoms with Crippen molar-refractivity contribution in [1.82, 2.24) is 20.6 Å². The number of H-pyrrole nitrogens is 1. The number of rotatable bonds is 3. The zero-order chi connectivity index (χ0) is 13.9. The molecule has 0 unspecified atom stereocenters. The standard InChI is InChI=1S/C15H18N4O/c1-10-9-12(11-3-6-13(20-2)7-4-11)5-8-14(10)15-16-18-19-17-15/h3-7,10,14H,8-9H2,1-2H3,(H,16,17,18,19)/t10-,14+/m0/s1. The van der Waals surface area contributed by atoms with E-state index in [1.807, 2.05) is 12.1 Å². The van der Waals surface area contributed by atoms with Crippen LogP contribution in [0.25, 0.3) is 5.57 Å². The van der Waals surface area contributed by atoms with Gasteiger partial charge in [0.05, 0.1) is 7.11 Å². The molecule has 1 aliphatic rings. The molecular formula is C15H18N4O. The quantitative estimate of drug-likeness (QED) is 0.931. The van der Waals surface area contributed by atoms with Crippen LogP contribution < -0.4 is 4.74 Å². The van der Waals surface area contributed by atoms with Gasteiger partial charge in [0.2, 0.25) is 0 Å². The number of nitrogens with one attached hydrogen (secondary N) is 1. The minimum absolute atomic E-state index is 0.357. The molecule has 1 aromatic heterocycles. The van der Waals surface area contributed by atoms with Gasteiger partial charge in [-0.25, -0.2) is 0 Å². The molecule has 0 bridgehead atoms. The lowest BCUT2D eigenvalue weighted by atomic mass is 9.78. The number of hydrogen-bond donors (Lipinski definition) is 1. The van der Waals surface area contributed by atoms with Crippen molar-refractivity contribution in [3.63, 3.8) is 0 Å². The third kappa shape index (κ3) is 2.43. The van der Waals surface area contributed by atoms with Gasteiger partial charge in [-0.2, -0.15) is 5.21 Å². The Kier molecular flexibility index (Phi) is 3.50. The predicted octanol–water partition coefficient (Wildman–Crippen LogP) is 2.81. The van der Waals surface area contributed by atoms with Gasteiger partial charge in [-0.05, 0) is 42.0 Å². The molecule has 1 N–H and O–H groups in total. The zero-order valence-corrected chi connectivity index (χ0v) is 11.7. The largest absolute Gasteiger partial charge is 0.497 e. The Morgan fingerprint density at radius 1 is 1.25 bits per heavy atom. The average molecular weight is 270 g/mol. The van der Waals surface area contributed by atoms with E-state index in [0.29, 0.717) is 11.8 Å². The second-order valence-electron chi connectivity index (χ2n) is 5.25. The van der Waals surface area contributed by atoms with Crippen molar-refractivity contribution >= 4 is 5.57 Å². The summed E-state index contributed by atoms with van der Waals surface area (Å²) < 4.78 is 5.20. The molecule has 20 heavy (non-hydrogen) atoms. The van der Waals surface area contributed by atoms with Crippen LogP contribution in [0.4, 0.5) is 0 Å². The van der Waals surface area contributed by atoms with Crippen LogP contribution in [-0.2, 0) is 0 Å². The van der Waals surface area contributed by atoms with Crippen molar-refractivity contribution < 1.29 is 4.74 Å². The van der Waals surface area contributed by atoms with Crippen LogP contribution in [0.1, 0.15) is 37.1 Å². The van der Waals surface area contributed by atoms with Crippen LogP contribution in [0.2, 0.25) is 0 Å². The summed E-state index contributed by atoms with van der Waals surface area (Å²) in [5.41, 5.74) is 2.66. The second-order valence-corrected chi connectivity index (χ2v) is 5.25. The Morgan fingerprint density at radius 3 is 2.65 bits per heavy atom. The number of benzene rings is 1. The smallest absolute Gasteiger partial charge is 0.178 e. The molecule has 0 saturated heterocycles. The SMILES string of the molecule is COc1ccc(C2=CC[C@@H](c3nn[nH]n3)[C@@H](C)C2)cc1. The average Bonchev–Trinajstić information content (AvgIpc) is 3.01. The molecule has 5 heteroatoms. The van der Waals surface area contributed by atoms with Crippen molar-refractivity contribution in [2.24, 2.45) is 5.92 Å². The number of tetrazole rings is 1. The van der Waals surface area contributed by atoms with Crippen molar-refractivity contribution in [3.8, 4) is 5.75 Å². The van der Waals surface area contributed by atoms with Crippen molar-refractivity contribution in [2.75, 3.05) is 7.11 Å². The first kappa shape index (κ1) is 12.8. The molecule has 3 rings (SSSR count). The van der Waals surface area contributed by atoms with Crippen molar-refractivity contribution in [3.05, 3.63) is 41.7 Å². The minimum atomic E-state index is 0.357. The predicted molar refractivity (Wildman–Crippen MR) is 76.3 cm³/mol. The molecule has 0 saturated carbocycles. The summed E-state index contributed by atoms with van der Waals surface area (Å²) in [7, 11) is 1.69. The number of methoxy groups -OCH3 is 1. The van der Waals surface area contributed by atoms with Gasteiger partial charge >= 0.3 is 0 Å². The topological polar surface area (TPSA) is 63.7 Å². The summed E-state index contributed by atoms with van der Waals surface area (Å²) in [5, 5.41) is 14.4. The molecule has 0 radical (unpaired) electrons. The summed E-state index contributed by atoms with van der Waals surface area (Å²) in [6.45, 7) is 2.25. The molecule has 5 nitrogen and oxygen atoms in total. The van der Waals surface area contributed by atoms with Crippen molar-refractivity contribution in [1.29, 1.82) is 0 Å². The molecule has 2 aromatic rings. The normalized spacial score (nSPS) is 22.4. The van der Waals surface area contributed by atoms with Crippen LogP contribution in [0.3, 0.4) is 0 Å². The van der Waals surface area contributed by atoms with E-state index in [1.165, 1.54) is 11.1 Å². The summed E-state index contributed by atoms with van der Waals surface area (Å²) in [4.78, 5) is 0. The Bertz CT molecular complexity index is 589. The number of aromatic amines is 1. The van der Waals surface area contributed by atoms with Gasteiger partial charge in [0, 0.05) is 5.92 Å². The van der Waals surface area contributed by atoms with Crippen LogP contribution in [0.15, 0.2) is 30.3 Å².